The third-order valence-electron chi connectivity index (χ3n) is 4.88. The number of carbonyl (C=O) groups excluding carboxylic acids is 2. The van der Waals surface area contributed by atoms with E-state index in [4.69, 9.17) is 5.11 Å². The van der Waals surface area contributed by atoms with Crippen LogP contribution in [0.4, 0.5) is 5.69 Å². The number of aliphatic hydroxyl groups excluding tert-OH is 1. The number of amides is 2. The molecule has 0 radical (unpaired) electrons. The van der Waals surface area contributed by atoms with E-state index in [0.717, 1.165) is 24.1 Å². The van der Waals surface area contributed by atoms with Gasteiger partial charge in [0, 0.05) is 12.1 Å². The number of anilines is 1. The second-order valence-corrected chi connectivity index (χ2v) is 6.99. The molecule has 3 N–H and O–H groups in total. The van der Waals surface area contributed by atoms with Gasteiger partial charge in [-0.15, -0.1) is 0 Å². The molecule has 1 atom stereocenters. The fraction of sp³-hybridized carbons (Fsp3) is 0.600. The number of hydrogen-bond donors (Lipinski definition) is 3. The molecule has 2 amide bonds. The number of aliphatic hydroxyl groups is 1. The Hall–Kier alpha value is -1.88. The third kappa shape index (κ3) is 6.86. The standard InChI is InChI=1S/C20H30N2O3/c1-2-17(14-23)21-19(24)13-16-8-10-18(11-9-16)22-20(25)12-15-6-4-3-5-7-15/h8-11,15,17,23H,2-7,12-14H2,1H3,(H,21,24)(H,22,25). The van der Waals surface area contributed by atoms with E-state index in [2.05, 4.69) is 10.6 Å². The molecule has 1 fully saturated rings. The summed E-state index contributed by atoms with van der Waals surface area (Å²) in [4.78, 5) is 24.1. The first-order valence-electron chi connectivity index (χ1n) is 9.39. The molecule has 2 rings (SSSR count). The van der Waals surface area contributed by atoms with Crippen LogP contribution in [-0.4, -0.2) is 29.6 Å². The topological polar surface area (TPSA) is 78.4 Å². The van der Waals surface area contributed by atoms with Gasteiger partial charge in [0.05, 0.1) is 19.1 Å². The second kappa shape index (κ2) is 10.2. The maximum absolute atomic E-state index is 12.1. The molecule has 0 bridgehead atoms. The van der Waals surface area contributed by atoms with Gasteiger partial charge >= 0.3 is 0 Å². The van der Waals surface area contributed by atoms with E-state index in [9.17, 15) is 9.59 Å². The fourth-order valence-electron chi connectivity index (χ4n) is 3.31. The second-order valence-electron chi connectivity index (χ2n) is 6.99. The molecular formula is C20H30N2O3. The molecule has 0 saturated heterocycles. The lowest BCUT2D eigenvalue weighted by molar-refractivity contribution is -0.121. The Labute approximate surface area is 150 Å². The highest BCUT2D eigenvalue weighted by Crippen LogP contribution is 2.26. The molecule has 1 aliphatic rings. The quantitative estimate of drug-likeness (QED) is 0.677. The van der Waals surface area contributed by atoms with Crippen LogP contribution in [0.25, 0.3) is 0 Å². The molecule has 0 heterocycles. The Morgan fingerprint density at radius 2 is 1.80 bits per heavy atom. The van der Waals surface area contributed by atoms with Crippen molar-refractivity contribution in [3.05, 3.63) is 29.8 Å². The summed E-state index contributed by atoms with van der Waals surface area (Å²) in [6, 6.07) is 7.20. The first kappa shape index (κ1) is 19.4. The predicted octanol–water partition coefficient (Wildman–Crippen LogP) is 3.03. The summed E-state index contributed by atoms with van der Waals surface area (Å²) in [7, 11) is 0. The molecular weight excluding hydrogens is 316 g/mol. The molecule has 1 aromatic carbocycles. The van der Waals surface area contributed by atoms with Gasteiger partial charge in [-0.1, -0.05) is 38.3 Å². The van der Waals surface area contributed by atoms with Gasteiger partial charge in [-0.05, 0) is 42.9 Å². The Balaban J connectivity index is 1.78. The van der Waals surface area contributed by atoms with Gasteiger partial charge in [-0.2, -0.15) is 0 Å². The highest BCUT2D eigenvalue weighted by molar-refractivity contribution is 5.91. The number of nitrogens with one attached hydrogen (secondary N) is 2. The minimum atomic E-state index is -0.189. The fourth-order valence-corrected chi connectivity index (χ4v) is 3.31. The van der Waals surface area contributed by atoms with Crippen LogP contribution >= 0.6 is 0 Å². The lowest BCUT2D eigenvalue weighted by atomic mass is 9.87. The van der Waals surface area contributed by atoms with Gasteiger partial charge in [0.1, 0.15) is 0 Å². The minimum absolute atomic E-state index is 0.0474. The number of carbonyl (C=O) groups is 2. The van der Waals surface area contributed by atoms with Gasteiger partial charge < -0.3 is 15.7 Å². The van der Waals surface area contributed by atoms with E-state index in [-0.39, 0.29) is 30.9 Å². The first-order valence-corrected chi connectivity index (χ1v) is 9.39. The molecule has 1 unspecified atom stereocenters. The summed E-state index contributed by atoms with van der Waals surface area (Å²) in [5.41, 5.74) is 1.65. The number of rotatable bonds is 8. The molecule has 0 aliphatic heterocycles. The van der Waals surface area contributed by atoms with Gasteiger partial charge in [-0.25, -0.2) is 0 Å². The zero-order valence-corrected chi connectivity index (χ0v) is 15.1. The van der Waals surface area contributed by atoms with Gasteiger partial charge in [0.2, 0.25) is 11.8 Å². The van der Waals surface area contributed by atoms with Gasteiger partial charge in [0.25, 0.3) is 0 Å². The van der Waals surface area contributed by atoms with E-state index in [1.807, 2.05) is 31.2 Å². The maximum atomic E-state index is 12.1. The van der Waals surface area contributed by atoms with Crippen LogP contribution in [0.2, 0.25) is 0 Å². The van der Waals surface area contributed by atoms with Crippen molar-refractivity contribution >= 4 is 17.5 Å². The van der Waals surface area contributed by atoms with Crippen LogP contribution in [-0.2, 0) is 16.0 Å². The average molecular weight is 346 g/mol. The lowest BCUT2D eigenvalue weighted by Crippen LogP contribution is -2.37. The Morgan fingerprint density at radius 1 is 1.12 bits per heavy atom. The van der Waals surface area contributed by atoms with Crippen LogP contribution in [0, 0.1) is 5.92 Å². The van der Waals surface area contributed by atoms with Crippen molar-refractivity contribution in [2.75, 3.05) is 11.9 Å². The molecule has 25 heavy (non-hydrogen) atoms. The van der Waals surface area contributed by atoms with Crippen molar-refractivity contribution in [3.63, 3.8) is 0 Å². The van der Waals surface area contributed by atoms with E-state index in [1.54, 1.807) is 0 Å². The Kier molecular flexibility index (Phi) is 7.92. The molecule has 1 aromatic rings. The lowest BCUT2D eigenvalue weighted by Gasteiger charge is -2.20. The molecule has 0 aromatic heterocycles. The van der Waals surface area contributed by atoms with E-state index >= 15 is 0 Å². The highest BCUT2D eigenvalue weighted by Gasteiger charge is 2.17. The SMILES string of the molecule is CCC(CO)NC(=O)Cc1ccc(NC(=O)CC2CCCCC2)cc1. The molecule has 1 aliphatic carbocycles. The highest BCUT2D eigenvalue weighted by atomic mass is 16.3. The normalized spacial score (nSPS) is 16.2. The summed E-state index contributed by atoms with van der Waals surface area (Å²) in [6.07, 6.45) is 7.67. The summed E-state index contributed by atoms with van der Waals surface area (Å²) in [5, 5.41) is 14.9. The number of benzene rings is 1. The van der Waals surface area contributed by atoms with Crippen molar-refractivity contribution in [1.29, 1.82) is 0 Å². The zero-order chi connectivity index (χ0) is 18.1. The van der Waals surface area contributed by atoms with Crippen molar-refractivity contribution in [1.82, 2.24) is 5.32 Å². The van der Waals surface area contributed by atoms with Crippen LogP contribution in [0.3, 0.4) is 0 Å². The zero-order valence-electron chi connectivity index (χ0n) is 15.1. The smallest absolute Gasteiger partial charge is 0.224 e. The van der Waals surface area contributed by atoms with E-state index in [0.29, 0.717) is 18.8 Å². The summed E-state index contributed by atoms with van der Waals surface area (Å²) in [6.45, 7) is 1.88. The van der Waals surface area contributed by atoms with Crippen molar-refractivity contribution in [2.45, 2.75) is 64.3 Å². The van der Waals surface area contributed by atoms with E-state index in [1.165, 1.54) is 19.3 Å². The molecule has 0 spiro atoms. The summed E-state index contributed by atoms with van der Waals surface area (Å²) >= 11 is 0. The van der Waals surface area contributed by atoms with Crippen LogP contribution < -0.4 is 10.6 Å². The maximum Gasteiger partial charge on any atom is 0.224 e. The predicted molar refractivity (Wildman–Crippen MR) is 99.3 cm³/mol. The Bertz CT molecular complexity index is 547. The van der Waals surface area contributed by atoms with Crippen LogP contribution in [0.15, 0.2) is 24.3 Å². The van der Waals surface area contributed by atoms with Crippen molar-refractivity contribution in [3.8, 4) is 0 Å². The van der Waals surface area contributed by atoms with Crippen LogP contribution in [0.5, 0.6) is 0 Å². The largest absolute Gasteiger partial charge is 0.394 e. The van der Waals surface area contributed by atoms with Gasteiger partial charge in [-0.3, -0.25) is 9.59 Å². The number of hydrogen-bond acceptors (Lipinski definition) is 3. The molecule has 5 nitrogen and oxygen atoms in total. The molecule has 138 valence electrons. The molecule has 5 heteroatoms. The molecule has 1 saturated carbocycles. The van der Waals surface area contributed by atoms with E-state index < -0.39 is 0 Å². The van der Waals surface area contributed by atoms with Crippen molar-refractivity contribution < 1.29 is 14.7 Å². The summed E-state index contributed by atoms with van der Waals surface area (Å²) in [5.74, 6) is 0.496. The minimum Gasteiger partial charge on any atom is -0.394 e. The first-order chi connectivity index (χ1) is 12.1. The summed E-state index contributed by atoms with van der Waals surface area (Å²) < 4.78 is 0. The van der Waals surface area contributed by atoms with Gasteiger partial charge in [0.15, 0.2) is 0 Å². The van der Waals surface area contributed by atoms with Crippen molar-refractivity contribution in [2.24, 2.45) is 5.92 Å². The third-order valence-corrected chi connectivity index (χ3v) is 4.88. The monoisotopic (exact) mass is 346 g/mol. The van der Waals surface area contributed by atoms with Crippen LogP contribution in [0.1, 0.15) is 57.4 Å². The average Bonchev–Trinajstić information content (AvgIpc) is 2.62. The Morgan fingerprint density at radius 3 is 2.40 bits per heavy atom.